The maximum Gasteiger partial charge on any atom is 0.308 e. The number of amides is 1. The molecule has 3 atom stereocenters. The van der Waals surface area contributed by atoms with Crippen molar-refractivity contribution in [1.82, 2.24) is 14.7 Å². The molecule has 1 amide bonds. The Morgan fingerprint density at radius 3 is 2.37 bits per heavy atom. The third kappa shape index (κ3) is 3.58. The first-order valence-electron chi connectivity index (χ1n) is 8.97. The Kier molecular flexibility index (Phi) is 5.29. The van der Waals surface area contributed by atoms with Crippen LogP contribution in [-0.4, -0.2) is 44.8 Å². The van der Waals surface area contributed by atoms with E-state index in [1.807, 2.05) is 40.0 Å². The third-order valence-electron chi connectivity index (χ3n) is 5.62. The summed E-state index contributed by atoms with van der Waals surface area (Å²) in [6.45, 7) is 6.31. The molecule has 1 N–H and O–H groups in total. The second-order valence-electron chi connectivity index (χ2n) is 7.28. The highest BCUT2D eigenvalue weighted by atomic mass is 35.5. The summed E-state index contributed by atoms with van der Waals surface area (Å²) in [6, 6.07) is 7.20. The standard InChI is InChI=1S/C20H24ClN3O3/c1-11(18-12(2)22-23(4)13(18)3)19(25)24-9-16(17(10-24)20(26)27)14-5-7-15(21)8-6-14/h5-8,11,16-17H,9-10H2,1-4H3,(H,26,27)/t11?,16-,17+/m0/s1. The highest BCUT2D eigenvalue weighted by Crippen LogP contribution is 2.35. The molecule has 27 heavy (non-hydrogen) atoms. The van der Waals surface area contributed by atoms with Crippen LogP contribution in [0.5, 0.6) is 0 Å². The molecule has 1 aromatic heterocycles. The predicted octanol–water partition coefficient (Wildman–Crippen LogP) is 3.12. The number of benzene rings is 1. The Bertz CT molecular complexity index is 875. The summed E-state index contributed by atoms with van der Waals surface area (Å²) in [5, 5.41) is 14.7. The molecule has 1 unspecified atom stereocenters. The van der Waals surface area contributed by atoms with Crippen molar-refractivity contribution < 1.29 is 14.7 Å². The van der Waals surface area contributed by atoms with E-state index in [-0.39, 0.29) is 24.3 Å². The van der Waals surface area contributed by atoms with Crippen LogP contribution in [0.4, 0.5) is 0 Å². The van der Waals surface area contributed by atoms with Crippen molar-refractivity contribution in [2.75, 3.05) is 13.1 Å². The van der Waals surface area contributed by atoms with Crippen LogP contribution in [-0.2, 0) is 16.6 Å². The second-order valence-corrected chi connectivity index (χ2v) is 7.71. The lowest BCUT2D eigenvalue weighted by Crippen LogP contribution is -2.33. The van der Waals surface area contributed by atoms with E-state index in [2.05, 4.69) is 5.10 Å². The van der Waals surface area contributed by atoms with Gasteiger partial charge in [-0.05, 0) is 38.5 Å². The molecular formula is C20H24ClN3O3. The van der Waals surface area contributed by atoms with E-state index in [4.69, 9.17) is 11.6 Å². The zero-order valence-corrected chi connectivity index (χ0v) is 16.7. The van der Waals surface area contributed by atoms with Crippen LogP contribution >= 0.6 is 11.6 Å². The molecule has 3 rings (SSSR count). The largest absolute Gasteiger partial charge is 0.481 e. The number of halogens is 1. The molecule has 1 aliphatic rings. The monoisotopic (exact) mass is 389 g/mol. The van der Waals surface area contributed by atoms with E-state index in [0.717, 1.165) is 22.5 Å². The number of likely N-dealkylation sites (tertiary alicyclic amines) is 1. The van der Waals surface area contributed by atoms with Crippen LogP contribution < -0.4 is 0 Å². The van der Waals surface area contributed by atoms with Gasteiger partial charge in [-0.3, -0.25) is 14.3 Å². The molecule has 2 aromatic rings. The minimum atomic E-state index is -0.883. The van der Waals surface area contributed by atoms with Gasteiger partial charge in [0.05, 0.1) is 17.5 Å². The lowest BCUT2D eigenvalue weighted by Gasteiger charge is -2.21. The molecule has 2 heterocycles. The molecule has 7 heteroatoms. The van der Waals surface area contributed by atoms with Crippen LogP contribution in [0.15, 0.2) is 24.3 Å². The van der Waals surface area contributed by atoms with Crippen LogP contribution in [0.25, 0.3) is 0 Å². The first-order chi connectivity index (χ1) is 12.7. The van der Waals surface area contributed by atoms with Crippen LogP contribution in [0.3, 0.4) is 0 Å². The van der Waals surface area contributed by atoms with Crippen molar-refractivity contribution >= 4 is 23.5 Å². The molecule has 0 aliphatic carbocycles. The second kappa shape index (κ2) is 7.35. The van der Waals surface area contributed by atoms with Crippen LogP contribution in [0.1, 0.15) is 41.3 Å². The average Bonchev–Trinajstić information content (AvgIpc) is 3.16. The maximum atomic E-state index is 13.1. The van der Waals surface area contributed by atoms with Crippen molar-refractivity contribution in [1.29, 1.82) is 0 Å². The van der Waals surface area contributed by atoms with E-state index in [1.165, 1.54) is 0 Å². The van der Waals surface area contributed by atoms with E-state index in [1.54, 1.807) is 21.7 Å². The lowest BCUT2D eigenvalue weighted by molar-refractivity contribution is -0.141. The number of carbonyl (C=O) groups is 2. The number of hydrogen-bond donors (Lipinski definition) is 1. The molecule has 0 saturated carbocycles. The number of carbonyl (C=O) groups excluding carboxylic acids is 1. The van der Waals surface area contributed by atoms with E-state index >= 15 is 0 Å². The highest BCUT2D eigenvalue weighted by molar-refractivity contribution is 6.30. The van der Waals surface area contributed by atoms with Gasteiger partial charge in [0, 0.05) is 42.3 Å². The number of aryl methyl sites for hydroxylation is 2. The summed E-state index contributed by atoms with van der Waals surface area (Å²) >= 11 is 5.95. The first-order valence-corrected chi connectivity index (χ1v) is 9.35. The predicted molar refractivity (Wildman–Crippen MR) is 103 cm³/mol. The SMILES string of the molecule is Cc1nn(C)c(C)c1C(C)C(=O)N1C[C@@H](C(=O)O)[C@H](c2ccc(Cl)cc2)C1. The Labute approximate surface area is 163 Å². The Hall–Kier alpha value is -2.34. The first kappa shape index (κ1) is 19.4. The minimum Gasteiger partial charge on any atom is -0.481 e. The van der Waals surface area contributed by atoms with Gasteiger partial charge in [0.1, 0.15) is 0 Å². The number of carboxylic acids is 1. The fraction of sp³-hybridized carbons (Fsp3) is 0.450. The zero-order chi connectivity index (χ0) is 19.9. The summed E-state index contributed by atoms with van der Waals surface area (Å²) in [6.07, 6.45) is 0. The van der Waals surface area contributed by atoms with Crippen molar-refractivity contribution in [3.05, 3.63) is 51.8 Å². The minimum absolute atomic E-state index is 0.0584. The van der Waals surface area contributed by atoms with Gasteiger partial charge in [0.25, 0.3) is 0 Å². The molecule has 1 saturated heterocycles. The van der Waals surface area contributed by atoms with Crippen LogP contribution in [0.2, 0.25) is 5.02 Å². The molecule has 6 nitrogen and oxygen atoms in total. The summed E-state index contributed by atoms with van der Waals surface area (Å²) < 4.78 is 1.77. The van der Waals surface area contributed by atoms with Crippen molar-refractivity contribution in [3.8, 4) is 0 Å². The van der Waals surface area contributed by atoms with Gasteiger partial charge in [0.15, 0.2) is 0 Å². The number of aromatic nitrogens is 2. The number of carboxylic acid groups (broad SMARTS) is 1. The quantitative estimate of drug-likeness (QED) is 0.871. The van der Waals surface area contributed by atoms with Gasteiger partial charge in [-0.15, -0.1) is 0 Å². The summed E-state index contributed by atoms with van der Waals surface area (Å²) in [5.41, 5.74) is 3.60. The molecule has 1 aromatic carbocycles. The molecule has 0 spiro atoms. The smallest absolute Gasteiger partial charge is 0.308 e. The number of nitrogens with zero attached hydrogens (tertiary/aromatic N) is 3. The van der Waals surface area contributed by atoms with Gasteiger partial charge in [-0.2, -0.15) is 5.10 Å². The van der Waals surface area contributed by atoms with Gasteiger partial charge in [-0.1, -0.05) is 23.7 Å². The van der Waals surface area contributed by atoms with Gasteiger partial charge in [0.2, 0.25) is 5.91 Å². The maximum absolute atomic E-state index is 13.1. The number of rotatable bonds is 4. The van der Waals surface area contributed by atoms with Gasteiger partial charge >= 0.3 is 5.97 Å². The topological polar surface area (TPSA) is 75.4 Å². The molecule has 1 fully saturated rings. The average molecular weight is 390 g/mol. The Balaban J connectivity index is 1.85. The summed E-state index contributed by atoms with van der Waals surface area (Å²) in [7, 11) is 1.86. The molecule has 0 radical (unpaired) electrons. The lowest BCUT2D eigenvalue weighted by atomic mass is 9.89. The van der Waals surface area contributed by atoms with E-state index in [0.29, 0.717) is 11.6 Å². The fourth-order valence-electron chi connectivity index (χ4n) is 4.10. The summed E-state index contributed by atoms with van der Waals surface area (Å²) in [4.78, 5) is 26.6. The van der Waals surface area contributed by atoms with Crippen molar-refractivity contribution in [2.24, 2.45) is 13.0 Å². The summed E-state index contributed by atoms with van der Waals surface area (Å²) in [5.74, 6) is -2.17. The normalized spacial score (nSPS) is 20.7. The van der Waals surface area contributed by atoms with Gasteiger partial charge in [-0.25, -0.2) is 0 Å². The van der Waals surface area contributed by atoms with E-state index in [9.17, 15) is 14.7 Å². The molecular weight excluding hydrogens is 366 g/mol. The molecule has 0 bridgehead atoms. The Morgan fingerprint density at radius 2 is 1.85 bits per heavy atom. The molecule has 144 valence electrons. The third-order valence-corrected chi connectivity index (χ3v) is 5.87. The fourth-order valence-corrected chi connectivity index (χ4v) is 4.22. The van der Waals surface area contributed by atoms with Gasteiger partial charge < -0.3 is 10.0 Å². The van der Waals surface area contributed by atoms with Crippen LogP contribution in [0, 0.1) is 19.8 Å². The molecule has 1 aliphatic heterocycles. The number of aliphatic carboxylic acids is 1. The zero-order valence-electron chi connectivity index (χ0n) is 15.9. The Morgan fingerprint density at radius 1 is 1.22 bits per heavy atom. The van der Waals surface area contributed by atoms with Crippen molar-refractivity contribution in [3.63, 3.8) is 0 Å². The van der Waals surface area contributed by atoms with Crippen molar-refractivity contribution in [2.45, 2.75) is 32.6 Å². The number of hydrogen-bond acceptors (Lipinski definition) is 3. The highest BCUT2D eigenvalue weighted by Gasteiger charge is 2.42. The van der Waals surface area contributed by atoms with E-state index < -0.39 is 11.9 Å².